The van der Waals surface area contributed by atoms with E-state index in [1.54, 1.807) is 0 Å². The second-order valence-electron chi connectivity index (χ2n) is 6.05. The van der Waals surface area contributed by atoms with Crippen molar-refractivity contribution in [1.29, 1.82) is 0 Å². The van der Waals surface area contributed by atoms with Crippen molar-refractivity contribution in [1.82, 2.24) is 0 Å². The van der Waals surface area contributed by atoms with E-state index in [-0.39, 0.29) is 0 Å². The van der Waals surface area contributed by atoms with Crippen LogP contribution in [0, 0.1) is 5.92 Å². The minimum Gasteiger partial charge on any atom is -0.300 e. The predicted molar refractivity (Wildman–Crippen MR) is 73.7 cm³/mol. The Bertz CT molecular complexity index is 429. The van der Waals surface area contributed by atoms with Gasteiger partial charge < -0.3 is 0 Å². The molecule has 0 radical (unpaired) electrons. The van der Waals surface area contributed by atoms with Crippen molar-refractivity contribution < 1.29 is 4.79 Å². The highest BCUT2D eigenvalue weighted by Gasteiger charge is 2.28. The zero-order chi connectivity index (χ0) is 12.4. The maximum Gasteiger partial charge on any atom is 0.133 e. The SMILES string of the molecule is O=C(CC1CCCCC1)CC1Cc2ccccc21. The Morgan fingerprint density at radius 3 is 2.61 bits per heavy atom. The molecule has 0 bridgehead atoms. The van der Waals surface area contributed by atoms with Gasteiger partial charge in [-0.25, -0.2) is 0 Å². The van der Waals surface area contributed by atoms with Gasteiger partial charge in [0.05, 0.1) is 0 Å². The van der Waals surface area contributed by atoms with Gasteiger partial charge >= 0.3 is 0 Å². The normalized spacial score (nSPS) is 23.2. The lowest BCUT2D eigenvalue weighted by atomic mass is 9.74. The molecule has 1 unspecified atom stereocenters. The third-order valence-electron chi connectivity index (χ3n) is 4.68. The summed E-state index contributed by atoms with van der Waals surface area (Å²) in [5.41, 5.74) is 2.88. The van der Waals surface area contributed by atoms with E-state index in [4.69, 9.17) is 0 Å². The van der Waals surface area contributed by atoms with E-state index in [1.165, 1.54) is 43.2 Å². The van der Waals surface area contributed by atoms with Crippen LogP contribution in [-0.4, -0.2) is 5.78 Å². The summed E-state index contributed by atoms with van der Waals surface area (Å²) < 4.78 is 0. The van der Waals surface area contributed by atoms with Crippen LogP contribution in [0.25, 0.3) is 0 Å². The van der Waals surface area contributed by atoms with Crippen LogP contribution in [0.3, 0.4) is 0 Å². The highest BCUT2D eigenvalue weighted by atomic mass is 16.1. The van der Waals surface area contributed by atoms with Crippen LogP contribution in [-0.2, 0) is 11.2 Å². The number of hydrogen-bond donors (Lipinski definition) is 0. The maximum absolute atomic E-state index is 12.1. The summed E-state index contributed by atoms with van der Waals surface area (Å²) in [6.07, 6.45) is 9.37. The van der Waals surface area contributed by atoms with Gasteiger partial charge in [0.15, 0.2) is 0 Å². The first-order chi connectivity index (χ1) is 8.83. The third kappa shape index (κ3) is 2.50. The molecule has 1 aromatic carbocycles. The van der Waals surface area contributed by atoms with E-state index in [0.29, 0.717) is 17.6 Å². The van der Waals surface area contributed by atoms with Crippen LogP contribution < -0.4 is 0 Å². The van der Waals surface area contributed by atoms with Crippen molar-refractivity contribution in [2.24, 2.45) is 5.92 Å². The van der Waals surface area contributed by atoms with Gasteiger partial charge in [-0.3, -0.25) is 4.79 Å². The minimum atomic E-state index is 0.501. The predicted octanol–water partition coefficient (Wildman–Crippen LogP) is 4.26. The molecule has 3 rings (SSSR count). The lowest BCUT2D eigenvalue weighted by Crippen LogP contribution is -2.21. The van der Waals surface area contributed by atoms with Crippen molar-refractivity contribution >= 4 is 5.78 Å². The fourth-order valence-corrected chi connectivity index (χ4v) is 3.62. The molecular weight excluding hydrogens is 220 g/mol. The fourth-order valence-electron chi connectivity index (χ4n) is 3.62. The smallest absolute Gasteiger partial charge is 0.133 e. The van der Waals surface area contributed by atoms with Gasteiger partial charge in [0.1, 0.15) is 5.78 Å². The van der Waals surface area contributed by atoms with Crippen molar-refractivity contribution in [3.63, 3.8) is 0 Å². The maximum atomic E-state index is 12.1. The zero-order valence-electron chi connectivity index (χ0n) is 11.0. The van der Waals surface area contributed by atoms with Crippen LogP contribution in [0.2, 0.25) is 0 Å². The second kappa shape index (κ2) is 5.26. The Morgan fingerprint density at radius 2 is 1.83 bits per heavy atom. The highest BCUT2D eigenvalue weighted by Crippen LogP contribution is 2.38. The van der Waals surface area contributed by atoms with Crippen molar-refractivity contribution in [3.05, 3.63) is 35.4 Å². The molecule has 1 nitrogen and oxygen atoms in total. The Kier molecular flexibility index (Phi) is 3.49. The summed E-state index contributed by atoms with van der Waals surface area (Å²) in [6.45, 7) is 0. The molecule has 18 heavy (non-hydrogen) atoms. The molecule has 1 saturated carbocycles. The number of carbonyl (C=O) groups excluding carboxylic acids is 1. The molecule has 0 amide bonds. The summed E-state index contributed by atoms with van der Waals surface area (Å²) >= 11 is 0. The number of hydrogen-bond acceptors (Lipinski definition) is 1. The molecule has 96 valence electrons. The Hall–Kier alpha value is -1.11. The molecule has 2 aliphatic carbocycles. The number of benzene rings is 1. The molecule has 2 aliphatic rings. The van der Waals surface area contributed by atoms with E-state index in [9.17, 15) is 4.79 Å². The van der Waals surface area contributed by atoms with E-state index in [2.05, 4.69) is 24.3 Å². The largest absolute Gasteiger partial charge is 0.300 e. The van der Waals surface area contributed by atoms with Gasteiger partial charge in [0.2, 0.25) is 0 Å². The molecule has 1 aromatic rings. The van der Waals surface area contributed by atoms with E-state index < -0.39 is 0 Å². The summed E-state index contributed by atoms with van der Waals surface area (Å²) in [5.74, 6) is 1.72. The molecular formula is C17H22O. The van der Waals surface area contributed by atoms with Crippen LogP contribution in [0.5, 0.6) is 0 Å². The number of Topliss-reactive ketones (excluding diaryl/α,β-unsaturated/α-hetero) is 1. The van der Waals surface area contributed by atoms with Crippen LogP contribution in [0.4, 0.5) is 0 Å². The Balaban J connectivity index is 1.50. The summed E-state index contributed by atoms with van der Waals surface area (Å²) in [4.78, 5) is 12.1. The monoisotopic (exact) mass is 242 g/mol. The van der Waals surface area contributed by atoms with Gasteiger partial charge in [-0.15, -0.1) is 0 Å². The number of ketones is 1. The molecule has 0 saturated heterocycles. The summed E-state index contributed by atoms with van der Waals surface area (Å²) in [5, 5.41) is 0. The van der Waals surface area contributed by atoms with Gasteiger partial charge in [-0.2, -0.15) is 0 Å². The van der Waals surface area contributed by atoms with Crippen LogP contribution in [0.15, 0.2) is 24.3 Å². The van der Waals surface area contributed by atoms with Gasteiger partial charge in [0, 0.05) is 12.8 Å². The molecule has 1 heteroatoms. The van der Waals surface area contributed by atoms with E-state index in [0.717, 1.165) is 19.3 Å². The van der Waals surface area contributed by atoms with Crippen LogP contribution in [0.1, 0.15) is 62.0 Å². The minimum absolute atomic E-state index is 0.501. The quantitative estimate of drug-likeness (QED) is 0.771. The van der Waals surface area contributed by atoms with Gasteiger partial charge in [0.25, 0.3) is 0 Å². The van der Waals surface area contributed by atoms with E-state index >= 15 is 0 Å². The highest BCUT2D eigenvalue weighted by molar-refractivity contribution is 5.80. The molecule has 0 heterocycles. The fraction of sp³-hybridized carbons (Fsp3) is 0.588. The Morgan fingerprint density at radius 1 is 1.06 bits per heavy atom. The second-order valence-corrected chi connectivity index (χ2v) is 6.05. The standard InChI is InChI=1S/C17H22O/c18-16(10-13-6-2-1-3-7-13)12-15-11-14-8-4-5-9-17(14)15/h4-5,8-9,13,15H,1-3,6-7,10-12H2. The molecule has 0 N–H and O–H groups in total. The lowest BCUT2D eigenvalue weighted by molar-refractivity contribution is -0.120. The van der Waals surface area contributed by atoms with Crippen molar-refractivity contribution in [2.75, 3.05) is 0 Å². The number of rotatable bonds is 4. The average molecular weight is 242 g/mol. The van der Waals surface area contributed by atoms with Gasteiger partial charge in [-0.05, 0) is 29.4 Å². The molecule has 0 aliphatic heterocycles. The number of carbonyl (C=O) groups is 1. The Labute approximate surface area is 110 Å². The van der Waals surface area contributed by atoms with Crippen molar-refractivity contribution in [2.45, 2.75) is 57.3 Å². The van der Waals surface area contributed by atoms with Gasteiger partial charge in [-0.1, -0.05) is 56.4 Å². The zero-order valence-corrected chi connectivity index (χ0v) is 11.0. The van der Waals surface area contributed by atoms with Crippen molar-refractivity contribution in [3.8, 4) is 0 Å². The third-order valence-corrected chi connectivity index (χ3v) is 4.68. The molecule has 1 atom stereocenters. The lowest BCUT2D eigenvalue weighted by Gasteiger charge is -2.30. The average Bonchev–Trinajstić information content (AvgIpc) is 2.37. The first kappa shape index (κ1) is 12.0. The van der Waals surface area contributed by atoms with E-state index in [1.807, 2.05) is 0 Å². The molecule has 0 aromatic heterocycles. The summed E-state index contributed by atoms with van der Waals surface area (Å²) in [7, 11) is 0. The first-order valence-corrected chi connectivity index (χ1v) is 7.42. The first-order valence-electron chi connectivity index (χ1n) is 7.42. The summed E-state index contributed by atoms with van der Waals surface area (Å²) in [6, 6.07) is 8.57. The molecule has 1 fully saturated rings. The topological polar surface area (TPSA) is 17.1 Å². The van der Waals surface area contributed by atoms with Crippen LogP contribution >= 0.6 is 0 Å². The number of fused-ring (bicyclic) bond motifs is 1. The molecule has 0 spiro atoms.